The predicted octanol–water partition coefficient (Wildman–Crippen LogP) is 1.91. The van der Waals surface area contributed by atoms with Gasteiger partial charge in [-0.25, -0.2) is 0 Å². The third kappa shape index (κ3) is 3.12. The summed E-state index contributed by atoms with van der Waals surface area (Å²) in [7, 11) is 0. The molecule has 0 radical (unpaired) electrons. The van der Waals surface area contributed by atoms with Crippen molar-refractivity contribution in [3.63, 3.8) is 0 Å². The summed E-state index contributed by atoms with van der Waals surface area (Å²) in [4.78, 5) is 0. The van der Waals surface area contributed by atoms with Crippen LogP contribution in [0.1, 0.15) is 0 Å². The summed E-state index contributed by atoms with van der Waals surface area (Å²) in [5, 5.41) is 29.4. The van der Waals surface area contributed by atoms with Gasteiger partial charge in [-0.15, -0.1) is 0 Å². The second-order valence-corrected chi connectivity index (χ2v) is 4.83. The number of hydrogen-bond acceptors (Lipinski definition) is 4. The Morgan fingerprint density at radius 2 is 0.909 bits per heavy atom. The van der Waals surface area contributed by atoms with E-state index in [4.69, 9.17) is 0 Å². The maximum absolute atomic E-state index is 11.9. The molecule has 0 aliphatic heterocycles. The van der Waals surface area contributed by atoms with Gasteiger partial charge in [-0.05, 0) is 47.2 Å². The van der Waals surface area contributed by atoms with Gasteiger partial charge in [0.15, 0.2) is 0 Å². The topological polar surface area (TPSA) is 70.2 Å². The third-order valence-corrected chi connectivity index (χ3v) is 3.25. The first-order valence-corrected chi connectivity index (χ1v) is 6.88. The van der Waals surface area contributed by atoms with E-state index in [-0.39, 0.29) is 11.8 Å². The lowest BCUT2D eigenvalue weighted by Crippen LogP contribution is -2.16. The predicted molar refractivity (Wildman–Crippen MR) is 84.3 cm³/mol. The van der Waals surface area contributed by atoms with E-state index >= 15 is 0 Å². The fraction of sp³-hybridized carbons (Fsp3) is 0. The van der Waals surface area contributed by atoms with Crippen LogP contribution in [0.5, 0.6) is 0 Å². The lowest BCUT2D eigenvalue weighted by molar-refractivity contribution is -0.300. The van der Waals surface area contributed by atoms with Gasteiger partial charge >= 0.3 is 0 Å². The van der Waals surface area contributed by atoms with E-state index < -0.39 is 0 Å². The smallest absolute Gasteiger partial charge is 0.0376 e. The van der Waals surface area contributed by atoms with Gasteiger partial charge in [0, 0.05) is 11.4 Å². The Morgan fingerprint density at radius 3 is 1.23 bits per heavy atom. The van der Waals surface area contributed by atoms with Crippen molar-refractivity contribution in [3.8, 4) is 0 Å². The summed E-state index contributed by atoms with van der Waals surface area (Å²) in [6.45, 7) is 0. The SMILES string of the molecule is [O-]C(Nc1ccc(NC([O-])=C2C=CC=C2)cc1)=C1C=CC=C1. The molecule has 22 heavy (non-hydrogen) atoms. The molecule has 4 heteroatoms. The maximum Gasteiger partial charge on any atom is 0.0376 e. The highest BCUT2D eigenvalue weighted by atomic mass is 16.3. The van der Waals surface area contributed by atoms with Crippen molar-refractivity contribution < 1.29 is 10.2 Å². The van der Waals surface area contributed by atoms with Crippen molar-refractivity contribution in [1.29, 1.82) is 0 Å². The van der Waals surface area contributed by atoms with Gasteiger partial charge in [-0.1, -0.05) is 48.6 Å². The number of rotatable bonds is 4. The molecule has 0 atom stereocenters. The standard InChI is InChI=1S/C18H16N2O2/c21-17(13-5-1-2-6-13)19-15-9-11-16(12-10-15)20-18(22)14-7-3-4-8-14/h1-12,19-22H/p-2. The van der Waals surface area contributed by atoms with E-state index in [0.29, 0.717) is 22.5 Å². The van der Waals surface area contributed by atoms with E-state index in [1.54, 1.807) is 48.6 Å². The second-order valence-electron chi connectivity index (χ2n) is 4.83. The largest absolute Gasteiger partial charge is 0.860 e. The Labute approximate surface area is 128 Å². The van der Waals surface area contributed by atoms with Crippen molar-refractivity contribution in [1.82, 2.24) is 0 Å². The van der Waals surface area contributed by atoms with Crippen LogP contribution < -0.4 is 20.8 Å². The Morgan fingerprint density at radius 1 is 0.591 bits per heavy atom. The van der Waals surface area contributed by atoms with Gasteiger partial charge in [0.05, 0.1) is 0 Å². The van der Waals surface area contributed by atoms with Crippen LogP contribution >= 0.6 is 0 Å². The lowest BCUT2D eigenvalue weighted by atomic mass is 10.2. The van der Waals surface area contributed by atoms with Crippen LogP contribution in [0.15, 0.2) is 95.8 Å². The highest BCUT2D eigenvalue weighted by Gasteiger charge is 1.98. The number of benzene rings is 1. The van der Waals surface area contributed by atoms with Crippen molar-refractivity contribution in [2.75, 3.05) is 10.6 Å². The molecule has 0 amide bonds. The van der Waals surface area contributed by atoms with Gasteiger partial charge in [-0.2, -0.15) is 0 Å². The molecule has 0 fully saturated rings. The lowest BCUT2D eigenvalue weighted by Gasteiger charge is -2.19. The van der Waals surface area contributed by atoms with Gasteiger partial charge in [0.2, 0.25) is 0 Å². The Hall–Kier alpha value is -3.14. The summed E-state index contributed by atoms with van der Waals surface area (Å²) in [5.74, 6) is -0.308. The molecule has 1 aromatic carbocycles. The first-order valence-electron chi connectivity index (χ1n) is 6.88. The van der Waals surface area contributed by atoms with E-state index in [2.05, 4.69) is 10.6 Å². The fourth-order valence-corrected chi connectivity index (χ4v) is 2.09. The zero-order valence-corrected chi connectivity index (χ0v) is 11.7. The number of nitrogens with one attached hydrogen (secondary N) is 2. The van der Waals surface area contributed by atoms with Gasteiger partial charge in [0.1, 0.15) is 0 Å². The molecule has 110 valence electrons. The minimum atomic E-state index is -0.154. The average Bonchev–Trinajstić information content (AvgIpc) is 3.23. The molecule has 2 aliphatic rings. The summed E-state index contributed by atoms with van der Waals surface area (Å²) in [6.07, 6.45) is 14.3. The summed E-state index contributed by atoms with van der Waals surface area (Å²) in [6, 6.07) is 7.01. The first-order chi connectivity index (χ1) is 10.7. The van der Waals surface area contributed by atoms with Gasteiger partial charge in [0.25, 0.3) is 0 Å². The van der Waals surface area contributed by atoms with Crippen molar-refractivity contribution in [2.24, 2.45) is 0 Å². The van der Waals surface area contributed by atoms with E-state index in [1.807, 2.05) is 24.3 Å². The van der Waals surface area contributed by atoms with Crippen molar-refractivity contribution in [3.05, 3.63) is 95.8 Å². The highest BCUT2D eigenvalue weighted by Crippen LogP contribution is 2.18. The van der Waals surface area contributed by atoms with Crippen LogP contribution in [-0.4, -0.2) is 0 Å². The number of allylic oxidation sites excluding steroid dienone is 10. The molecule has 0 aromatic heterocycles. The third-order valence-electron chi connectivity index (χ3n) is 3.25. The summed E-state index contributed by atoms with van der Waals surface area (Å²) < 4.78 is 0. The summed E-state index contributed by atoms with van der Waals surface area (Å²) in [5.41, 5.74) is 2.59. The highest BCUT2D eigenvalue weighted by molar-refractivity contribution is 5.59. The quantitative estimate of drug-likeness (QED) is 0.831. The van der Waals surface area contributed by atoms with Crippen LogP contribution in [0, 0.1) is 0 Å². The molecule has 0 unspecified atom stereocenters. The Balaban J connectivity index is 1.68. The van der Waals surface area contributed by atoms with Crippen molar-refractivity contribution in [2.45, 2.75) is 0 Å². The van der Waals surface area contributed by atoms with E-state index in [0.717, 1.165) is 0 Å². The molecule has 0 bridgehead atoms. The Bertz CT molecular complexity index is 655. The van der Waals surface area contributed by atoms with Crippen LogP contribution in [0.3, 0.4) is 0 Å². The molecule has 0 saturated carbocycles. The normalized spacial score (nSPS) is 14.7. The molecule has 4 nitrogen and oxygen atoms in total. The van der Waals surface area contributed by atoms with Gasteiger partial charge < -0.3 is 20.8 Å². The molecule has 0 spiro atoms. The number of anilines is 2. The zero-order chi connectivity index (χ0) is 15.4. The second kappa shape index (κ2) is 6.10. The number of hydrogen-bond donors (Lipinski definition) is 2. The average molecular weight is 290 g/mol. The Kier molecular flexibility index (Phi) is 3.83. The fourth-order valence-electron chi connectivity index (χ4n) is 2.09. The molecule has 2 N–H and O–H groups in total. The monoisotopic (exact) mass is 290 g/mol. The van der Waals surface area contributed by atoms with E-state index in [1.165, 1.54) is 0 Å². The van der Waals surface area contributed by atoms with Gasteiger partial charge in [-0.3, -0.25) is 0 Å². The zero-order valence-electron chi connectivity index (χ0n) is 11.7. The van der Waals surface area contributed by atoms with Crippen LogP contribution in [0.4, 0.5) is 11.4 Å². The van der Waals surface area contributed by atoms with Crippen LogP contribution in [0.25, 0.3) is 0 Å². The molecule has 1 aromatic rings. The molecule has 0 saturated heterocycles. The maximum atomic E-state index is 11.9. The minimum absolute atomic E-state index is 0.154. The summed E-state index contributed by atoms with van der Waals surface area (Å²) >= 11 is 0. The minimum Gasteiger partial charge on any atom is -0.860 e. The van der Waals surface area contributed by atoms with Crippen LogP contribution in [-0.2, 0) is 0 Å². The van der Waals surface area contributed by atoms with Crippen LogP contribution in [0.2, 0.25) is 0 Å². The molecule has 2 aliphatic carbocycles. The molecule has 0 heterocycles. The van der Waals surface area contributed by atoms with Crippen molar-refractivity contribution >= 4 is 11.4 Å². The first kappa shape index (κ1) is 13.8. The van der Waals surface area contributed by atoms with E-state index in [9.17, 15) is 10.2 Å². The molecular formula is C18H14N2O2-2. The molecular weight excluding hydrogens is 276 g/mol. The molecule has 3 rings (SSSR count).